The van der Waals surface area contributed by atoms with Crippen LogP contribution >= 0.6 is 23.2 Å². The van der Waals surface area contributed by atoms with Gasteiger partial charge >= 0.3 is 0 Å². The van der Waals surface area contributed by atoms with Crippen LogP contribution in [-0.4, -0.2) is 0 Å². The van der Waals surface area contributed by atoms with E-state index in [1.54, 1.807) is 0 Å². The molecule has 81 valence electrons. The number of benzene rings is 2. The molecule has 0 fully saturated rings. The predicted octanol–water partition coefficient (Wildman–Crippen LogP) is 4.74. The topological polar surface area (TPSA) is 0 Å². The lowest BCUT2D eigenvalue weighted by molar-refractivity contribution is 0.616. The fourth-order valence-electron chi connectivity index (χ4n) is 1.39. The van der Waals surface area contributed by atoms with E-state index in [-0.39, 0.29) is 21.2 Å². The van der Waals surface area contributed by atoms with Crippen molar-refractivity contribution in [2.75, 3.05) is 0 Å². The highest BCUT2D eigenvalue weighted by Crippen LogP contribution is 2.32. The zero-order valence-corrected chi connectivity index (χ0v) is 9.41. The van der Waals surface area contributed by atoms with Crippen molar-refractivity contribution in [3.8, 4) is 11.1 Å². The molecule has 0 heterocycles. The van der Waals surface area contributed by atoms with E-state index >= 15 is 0 Å². The van der Waals surface area contributed by atoms with E-state index in [1.807, 2.05) is 0 Å². The van der Waals surface area contributed by atoms with Crippen LogP contribution in [-0.2, 0) is 0 Å². The molecular formula is C12H5Cl2F2. The van der Waals surface area contributed by atoms with Gasteiger partial charge in [0.1, 0.15) is 11.6 Å². The van der Waals surface area contributed by atoms with Gasteiger partial charge in [0, 0.05) is 22.2 Å². The maximum atomic E-state index is 13.6. The largest absolute Gasteiger partial charge is 0.206 e. The van der Waals surface area contributed by atoms with Gasteiger partial charge in [-0.05, 0) is 30.3 Å². The number of hydrogen-bond acceptors (Lipinski definition) is 0. The first kappa shape index (κ1) is 11.4. The Balaban J connectivity index is 2.68. The first-order valence-corrected chi connectivity index (χ1v) is 5.16. The second-order valence-corrected chi connectivity index (χ2v) is 3.95. The van der Waals surface area contributed by atoms with Crippen LogP contribution in [0.2, 0.25) is 10.0 Å². The Hall–Kier alpha value is -1.12. The number of rotatable bonds is 1. The van der Waals surface area contributed by atoms with Gasteiger partial charge in [-0.15, -0.1) is 0 Å². The highest BCUT2D eigenvalue weighted by atomic mass is 35.5. The first-order valence-electron chi connectivity index (χ1n) is 4.40. The third-order valence-corrected chi connectivity index (χ3v) is 2.63. The zero-order valence-electron chi connectivity index (χ0n) is 7.90. The molecule has 2 aromatic carbocycles. The summed E-state index contributed by atoms with van der Waals surface area (Å²) >= 11 is 11.4. The summed E-state index contributed by atoms with van der Waals surface area (Å²) in [6.45, 7) is 0. The lowest BCUT2D eigenvalue weighted by Crippen LogP contribution is -1.89. The summed E-state index contributed by atoms with van der Waals surface area (Å²) in [6.07, 6.45) is 0. The number of halogens is 4. The third-order valence-electron chi connectivity index (χ3n) is 2.10. The minimum absolute atomic E-state index is 0.00154. The van der Waals surface area contributed by atoms with E-state index in [9.17, 15) is 8.78 Å². The molecule has 0 saturated carbocycles. The van der Waals surface area contributed by atoms with E-state index in [0.29, 0.717) is 0 Å². The zero-order chi connectivity index (χ0) is 11.7. The molecule has 16 heavy (non-hydrogen) atoms. The molecule has 0 nitrogen and oxygen atoms in total. The van der Waals surface area contributed by atoms with Crippen LogP contribution < -0.4 is 0 Å². The van der Waals surface area contributed by atoms with Crippen molar-refractivity contribution in [2.24, 2.45) is 0 Å². The summed E-state index contributed by atoms with van der Waals surface area (Å²) in [5.74, 6) is -1.21. The molecule has 0 aromatic heterocycles. The van der Waals surface area contributed by atoms with Crippen LogP contribution in [0.15, 0.2) is 30.3 Å². The van der Waals surface area contributed by atoms with Gasteiger partial charge in [-0.1, -0.05) is 23.2 Å². The van der Waals surface area contributed by atoms with Crippen LogP contribution in [0.4, 0.5) is 8.78 Å². The summed E-state index contributed by atoms with van der Waals surface area (Å²) in [5.41, 5.74) is 0.0714. The minimum atomic E-state index is -0.618. The minimum Gasteiger partial charge on any atom is -0.206 e. The Morgan fingerprint density at radius 1 is 1.00 bits per heavy atom. The Kier molecular flexibility index (Phi) is 3.13. The molecule has 0 aliphatic heterocycles. The molecule has 1 radical (unpaired) electrons. The van der Waals surface area contributed by atoms with E-state index in [1.165, 1.54) is 24.3 Å². The van der Waals surface area contributed by atoms with Crippen molar-refractivity contribution in [2.45, 2.75) is 0 Å². The fraction of sp³-hybridized carbons (Fsp3) is 0. The molecule has 2 aromatic rings. The van der Waals surface area contributed by atoms with Gasteiger partial charge < -0.3 is 0 Å². The molecule has 0 atom stereocenters. The molecule has 0 bridgehead atoms. The summed E-state index contributed by atoms with van der Waals surface area (Å²) in [5, 5.41) is 0.291. The molecule has 2 rings (SSSR count). The smallest absolute Gasteiger partial charge is 0.132 e. The van der Waals surface area contributed by atoms with Crippen molar-refractivity contribution < 1.29 is 8.78 Å². The van der Waals surface area contributed by atoms with Crippen LogP contribution in [0.3, 0.4) is 0 Å². The second kappa shape index (κ2) is 4.40. The molecule has 0 aliphatic rings. The fourth-order valence-corrected chi connectivity index (χ4v) is 1.80. The van der Waals surface area contributed by atoms with Gasteiger partial charge in [-0.3, -0.25) is 0 Å². The van der Waals surface area contributed by atoms with E-state index in [4.69, 9.17) is 23.2 Å². The normalized spacial score (nSPS) is 10.5. The lowest BCUT2D eigenvalue weighted by Gasteiger charge is -2.07. The summed E-state index contributed by atoms with van der Waals surface area (Å²) in [6, 6.07) is 9.10. The van der Waals surface area contributed by atoms with Gasteiger partial charge in [0.15, 0.2) is 0 Å². The first-order chi connectivity index (χ1) is 7.59. The standard InChI is InChI=1S/C12H5Cl2F2/c13-7-4-5-8(11(16)6-7)12-9(14)2-1-3-10(12)15/h1,3-6H. The molecule has 0 amide bonds. The van der Waals surface area contributed by atoms with Crippen LogP contribution in [0.1, 0.15) is 0 Å². The Bertz CT molecular complexity index is 518. The molecular weight excluding hydrogens is 253 g/mol. The van der Waals surface area contributed by atoms with Crippen LogP contribution in [0, 0.1) is 17.7 Å². The highest BCUT2D eigenvalue weighted by Gasteiger charge is 2.13. The Morgan fingerprint density at radius 2 is 1.75 bits per heavy atom. The van der Waals surface area contributed by atoms with Gasteiger partial charge in [-0.2, -0.15) is 0 Å². The second-order valence-electron chi connectivity index (χ2n) is 3.14. The monoisotopic (exact) mass is 257 g/mol. The maximum Gasteiger partial charge on any atom is 0.132 e. The molecule has 4 heteroatoms. The SMILES string of the molecule is Fc1cc(Cl)ccc1-c1c(Cl)[c]ccc1F. The highest BCUT2D eigenvalue weighted by molar-refractivity contribution is 6.33. The van der Waals surface area contributed by atoms with Gasteiger partial charge in [0.2, 0.25) is 0 Å². The van der Waals surface area contributed by atoms with Crippen LogP contribution in [0.5, 0.6) is 0 Å². The molecule has 0 saturated heterocycles. The van der Waals surface area contributed by atoms with Gasteiger partial charge in [0.25, 0.3) is 0 Å². The predicted molar refractivity (Wildman–Crippen MR) is 60.7 cm³/mol. The molecule has 0 N–H and O–H groups in total. The molecule has 0 aliphatic carbocycles. The van der Waals surface area contributed by atoms with Gasteiger partial charge in [-0.25, -0.2) is 8.78 Å². The third kappa shape index (κ3) is 2.04. The Morgan fingerprint density at radius 3 is 2.38 bits per heavy atom. The van der Waals surface area contributed by atoms with Gasteiger partial charge in [0.05, 0.1) is 5.02 Å². The average molecular weight is 258 g/mol. The average Bonchev–Trinajstić information content (AvgIpc) is 2.20. The lowest BCUT2D eigenvalue weighted by atomic mass is 10.0. The van der Waals surface area contributed by atoms with Crippen molar-refractivity contribution in [1.82, 2.24) is 0 Å². The maximum absolute atomic E-state index is 13.6. The van der Waals surface area contributed by atoms with Crippen molar-refractivity contribution >= 4 is 23.2 Å². The van der Waals surface area contributed by atoms with E-state index < -0.39 is 11.6 Å². The van der Waals surface area contributed by atoms with E-state index in [2.05, 4.69) is 6.07 Å². The quantitative estimate of drug-likeness (QED) is 0.693. The summed E-state index contributed by atoms with van der Waals surface area (Å²) < 4.78 is 27.1. The van der Waals surface area contributed by atoms with Crippen molar-refractivity contribution in [1.29, 1.82) is 0 Å². The van der Waals surface area contributed by atoms with Crippen molar-refractivity contribution in [3.05, 3.63) is 58.1 Å². The summed E-state index contributed by atoms with van der Waals surface area (Å²) in [7, 11) is 0. The summed E-state index contributed by atoms with van der Waals surface area (Å²) in [4.78, 5) is 0. The van der Waals surface area contributed by atoms with Crippen molar-refractivity contribution in [3.63, 3.8) is 0 Å². The van der Waals surface area contributed by atoms with Crippen LogP contribution in [0.25, 0.3) is 11.1 Å². The van der Waals surface area contributed by atoms with E-state index in [0.717, 1.165) is 6.07 Å². The molecule has 0 unspecified atom stereocenters. The number of hydrogen-bond donors (Lipinski definition) is 0. The molecule has 0 spiro atoms. The Labute approximate surface area is 101 Å².